The third-order valence-corrected chi connectivity index (χ3v) is 8.49. The van der Waals surface area contributed by atoms with Crippen LogP contribution < -0.4 is 0 Å². The van der Waals surface area contributed by atoms with Gasteiger partial charge in [-0.25, -0.2) is 0 Å². The van der Waals surface area contributed by atoms with Gasteiger partial charge in [-0.15, -0.1) is 0 Å². The van der Waals surface area contributed by atoms with Crippen LogP contribution >= 0.6 is 0 Å². The summed E-state index contributed by atoms with van der Waals surface area (Å²) in [6.45, 7) is -1.12. The van der Waals surface area contributed by atoms with Gasteiger partial charge in [-0.2, -0.15) is 33.7 Å². The molecule has 23 heavy (non-hydrogen) atoms. The Morgan fingerprint density at radius 2 is 1.13 bits per heavy atom. The molecular formula is C7H12O12S4. The summed E-state index contributed by atoms with van der Waals surface area (Å²) in [6.07, 6.45) is -2.73. The van der Waals surface area contributed by atoms with Gasteiger partial charge in [-0.05, 0) is 0 Å². The molecule has 0 N–H and O–H groups in total. The van der Waals surface area contributed by atoms with Crippen molar-refractivity contribution in [1.82, 2.24) is 0 Å². The van der Waals surface area contributed by atoms with E-state index in [1.54, 1.807) is 0 Å². The summed E-state index contributed by atoms with van der Waals surface area (Å²) in [5, 5.41) is -1.60. The highest BCUT2D eigenvalue weighted by atomic mass is 32.3. The molecule has 0 saturated carbocycles. The minimum Gasteiger partial charge on any atom is -0.267 e. The Morgan fingerprint density at radius 1 is 0.783 bits per heavy atom. The molecule has 2 aliphatic heterocycles. The van der Waals surface area contributed by atoms with E-state index in [9.17, 15) is 33.7 Å². The number of hydrogen-bond donors (Lipinski definition) is 0. The molecule has 0 aromatic carbocycles. The van der Waals surface area contributed by atoms with Crippen LogP contribution in [0, 0.1) is 0 Å². The minimum absolute atomic E-state index is 0.558. The monoisotopic (exact) mass is 416 g/mol. The molecule has 12 nitrogen and oxygen atoms in total. The van der Waals surface area contributed by atoms with Gasteiger partial charge in [-0.3, -0.25) is 16.7 Å². The highest BCUT2D eigenvalue weighted by Gasteiger charge is 2.38. The van der Waals surface area contributed by atoms with Crippen molar-refractivity contribution in [3.05, 3.63) is 0 Å². The molecule has 0 amide bonds. The third-order valence-electron chi connectivity index (χ3n) is 2.50. The summed E-state index contributed by atoms with van der Waals surface area (Å²) in [4.78, 5) is 0. The van der Waals surface area contributed by atoms with Crippen molar-refractivity contribution in [2.75, 3.05) is 29.8 Å². The van der Waals surface area contributed by atoms with Gasteiger partial charge in [0.05, 0.1) is 13.2 Å². The average Bonchev–Trinajstić information content (AvgIpc) is 2.78. The van der Waals surface area contributed by atoms with Crippen LogP contribution in [0.15, 0.2) is 0 Å². The standard InChI is InChI=1S/C7H12O12S4/c8-20(9)3-6(1-16-20)18-22(12,13)5-23(14,15)19-7-2-17-21(10,11)4-7/h6-7H,1-5H2. The average molecular weight is 416 g/mol. The fourth-order valence-electron chi connectivity index (χ4n) is 1.77. The summed E-state index contributed by atoms with van der Waals surface area (Å²) in [5.74, 6) is -1.47. The first-order valence-electron chi connectivity index (χ1n) is 5.84. The van der Waals surface area contributed by atoms with E-state index in [1.165, 1.54) is 0 Å². The molecule has 2 heterocycles. The van der Waals surface area contributed by atoms with Gasteiger partial charge in [0.2, 0.25) is 5.08 Å². The van der Waals surface area contributed by atoms with Crippen molar-refractivity contribution in [1.29, 1.82) is 0 Å². The van der Waals surface area contributed by atoms with Crippen molar-refractivity contribution < 1.29 is 50.4 Å². The second-order valence-electron chi connectivity index (χ2n) is 4.69. The smallest absolute Gasteiger partial charge is 0.267 e. The van der Waals surface area contributed by atoms with Gasteiger partial charge in [0.25, 0.3) is 40.5 Å². The molecule has 0 aromatic rings. The van der Waals surface area contributed by atoms with E-state index >= 15 is 0 Å². The Morgan fingerprint density at radius 3 is 1.39 bits per heavy atom. The first kappa shape index (κ1) is 19.0. The van der Waals surface area contributed by atoms with Crippen molar-refractivity contribution in [3.8, 4) is 0 Å². The second kappa shape index (κ2) is 6.17. The van der Waals surface area contributed by atoms with Gasteiger partial charge in [-0.1, -0.05) is 0 Å². The van der Waals surface area contributed by atoms with E-state index in [0.29, 0.717) is 0 Å². The van der Waals surface area contributed by atoms with E-state index in [2.05, 4.69) is 16.7 Å². The van der Waals surface area contributed by atoms with Crippen LogP contribution in [0.2, 0.25) is 0 Å². The largest absolute Gasteiger partial charge is 0.284 e. The molecule has 2 rings (SSSR count). The van der Waals surface area contributed by atoms with Gasteiger partial charge >= 0.3 is 0 Å². The summed E-state index contributed by atoms with van der Waals surface area (Å²) < 4.78 is 108. The Bertz CT molecular complexity index is 790. The molecule has 2 fully saturated rings. The maximum absolute atomic E-state index is 11.6. The Kier molecular flexibility index (Phi) is 5.09. The molecule has 16 heteroatoms. The van der Waals surface area contributed by atoms with Gasteiger partial charge in [0, 0.05) is 0 Å². The lowest BCUT2D eigenvalue weighted by molar-refractivity contribution is 0.181. The lowest BCUT2D eigenvalue weighted by atomic mass is 10.5. The van der Waals surface area contributed by atoms with Crippen LogP contribution in [0.5, 0.6) is 0 Å². The quantitative estimate of drug-likeness (QED) is 0.404. The van der Waals surface area contributed by atoms with Crippen molar-refractivity contribution >= 4 is 40.5 Å². The molecule has 0 aliphatic carbocycles. The second-order valence-corrected chi connectivity index (χ2v) is 11.6. The summed E-state index contributed by atoms with van der Waals surface area (Å²) >= 11 is 0. The Labute approximate surface area is 133 Å². The molecule has 2 unspecified atom stereocenters. The maximum atomic E-state index is 11.6. The highest BCUT2D eigenvalue weighted by Crippen LogP contribution is 2.18. The SMILES string of the molecule is O=S1(=O)CC(OS(=O)(=O)CS(=O)(=O)OC2COS(=O)(=O)C2)CO1. The molecule has 0 aromatic heterocycles. The van der Waals surface area contributed by atoms with E-state index < -0.39 is 82.5 Å². The first-order valence-corrected chi connectivity index (χ1v) is 12.1. The normalized spacial score (nSPS) is 30.4. The van der Waals surface area contributed by atoms with E-state index in [-0.39, 0.29) is 0 Å². The molecule has 0 bridgehead atoms. The first-order chi connectivity index (χ1) is 10.3. The van der Waals surface area contributed by atoms with Crippen LogP contribution in [-0.4, -0.2) is 75.7 Å². The van der Waals surface area contributed by atoms with Crippen molar-refractivity contribution in [2.45, 2.75) is 12.2 Å². The fraction of sp³-hybridized carbons (Fsp3) is 1.00. The van der Waals surface area contributed by atoms with Crippen LogP contribution in [0.1, 0.15) is 0 Å². The molecule has 136 valence electrons. The van der Waals surface area contributed by atoms with Crippen LogP contribution in [0.3, 0.4) is 0 Å². The van der Waals surface area contributed by atoms with E-state index in [1.807, 2.05) is 0 Å². The van der Waals surface area contributed by atoms with E-state index in [0.717, 1.165) is 0 Å². The van der Waals surface area contributed by atoms with Gasteiger partial charge in [0.15, 0.2) is 0 Å². The molecule has 2 aliphatic rings. The molecule has 2 saturated heterocycles. The maximum Gasteiger partial charge on any atom is 0.284 e. The van der Waals surface area contributed by atoms with Gasteiger partial charge < -0.3 is 0 Å². The lowest BCUT2D eigenvalue weighted by Crippen LogP contribution is -2.30. The molecular weight excluding hydrogens is 404 g/mol. The van der Waals surface area contributed by atoms with Crippen molar-refractivity contribution in [3.63, 3.8) is 0 Å². The summed E-state index contributed by atoms with van der Waals surface area (Å²) in [5.41, 5.74) is 0. The van der Waals surface area contributed by atoms with Crippen LogP contribution in [-0.2, 0) is 57.2 Å². The predicted octanol–water partition coefficient (Wildman–Crippen LogP) is -2.91. The zero-order valence-electron chi connectivity index (χ0n) is 11.2. The fourth-order valence-corrected chi connectivity index (χ4v) is 7.02. The molecule has 0 spiro atoms. The Hall–Kier alpha value is -0.360. The topological polar surface area (TPSA) is 173 Å². The summed E-state index contributed by atoms with van der Waals surface area (Å²) in [7, 11) is -17.2. The van der Waals surface area contributed by atoms with Gasteiger partial charge in [0.1, 0.15) is 23.7 Å². The van der Waals surface area contributed by atoms with Crippen molar-refractivity contribution in [2.24, 2.45) is 0 Å². The number of hydrogen-bond acceptors (Lipinski definition) is 12. The zero-order valence-corrected chi connectivity index (χ0v) is 14.5. The third kappa shape index (κ3) is 5.89. The molecule has 0 radical (unpaired) electrons. The number of rotatable bonds is 6. The van der Waals surface area contributed by atoms with Crippen LogP contribution in [0.25, 0.3) is 0 Å². The minimum atomic E-state index is -4.69. The zero-order chi connectivity index (χ0) is 17.5. The summed E-state index contributed by atoms with van der Waals surface area (Å²) in [6, 6.07) is 0. The lowest BCUT2D eigenvalue weighted by Gasteiger charge is -2.11. The van der Waals surface area contributed by atoms with Crippen LogP contribution in [0.4, 0.5) is 0 Å². The Balaban J connectivity index is 1.96. The highest BCUT2D eigenvalue weighted by molar-refractivity contribution is 8.03. The van der Waals surface area contributed by atoms with E-state index in [4.69, 9.17) is 0 Å². The molecule has 2 atom stereocenters. The predicted molar refractivity (Wildman–Crippen MR) is 71.9 cm³/mol.